The summed E-state index contributed by atoms with van der Waals surface area (Å²) in [6.45, 7) is 15.5. The summed E-state index contributed by atoms with van der Waals surface area (Å²) in [6, 6.07) is 0. The quantitative estimate of drug-likeness (QED) is 0.648. The SMILES string of the molecule is CCN(CC)CC(=O)N1CCN(CC(=O)N(CC)CC)CC1. The summed E-state index contributed by atoms with van der Waals surface area (Å²) in [5, 5.41) is 0. The second kappa shape index (κ2) is 9.79. The molecular formula is C16H32N4O2. The van der Waals surface area contributed by atoms with Crippen molar-refractivity contribution in [2.24, 2.45) is 0 Å². The molecule has 0 aromatic heterocycles. The summed E-state index contributed by atoms with van der Waals surface area (Å²) in [6.07, 6.45) is 0. The van der Waals surface area contributed by atoms with Crippen LogP contribution in [-0.2, 0) is 9.59 Å². The number of rotatable bonds is 8. The standard InChI is InChI=1S/C16H32N4O2/c1-5-17(6-2)13-16(22)20-11-9-18(10-12-20)14-15(21)19(7-3)8-4/h5-14H2,1-4H3. The summed E-state index contributed by atoms with van der Waals surface area (Å²) in [7, 11) is 0. The fraction of sp³-hybridized carbons (Fsp3) is 0.875. The van der Waals surface area contributed by atoms with Gasteiger partial charge in [-0.3, -0.25) is 19.4 Å². The van der Waals surface area contributed by atoms with E-state index in [4.69, 9.17) is 0 Å². The Hall–Kier alpha value is -1.14. The van der Waals surface area contributed by atoms with E-state index < -0.39 is 0 Å². The lowest BCUT2D eigenvalue weighted by Gasteiger charge is -2.36. The van der Waals surface area contributed by atoms with Crippen LogP contribution in [0.4, 0.5) is 0 Å². The number of amides is 2. The molecule has 1 aliphatic heterocycles. The molecular weight excluding hydrogens is 280 g/mol. The van der Waals surface area contributed by atoms with Crippen molar-refractivity contribution in [1.82, 2.24) is 19.6 Å². The average Bonchev–Trinajstić information content (AvgIpc) is 2.54. The van der Waals surface area contributed by atoms with E-state index >= 15 is 0 Å². The molecule has 0 aliphatic carbocycles. The molecule has 0 radical (unpaired) electrons. The van der Waals surface area contributed by atoms with Crippen molar-refractivity contribution in [3.8, 4) is 0 Å². The van der Waals surface area contributed by atoms with Gasteiger partial charge in [0.05, 0.1) is 13.1 Å². The lowest BCUT2D eigenvalue weighted by atomic mass is 10.3. The van der Waals surface area contributed by atoms with Gasteiger partial charge in [0.2, 0.25) is 11.8 Å². The van der Waals surface area contributed by atoms with Gasteiger partial charge in [-0.1, -0.05) is 13.8 Å². The van der Waals surface area contributed by atoms with Crippen LogP contribution in [0, 0.1) is 0 Å². The zero-order chi connectivity index (χ0) is 16.5. The molecule has 6 nitrogen and oxygen atoms in total. The van der Waals surface area contributed by atoms with Crippen LogP contribution in [0.2, 0.25) is 0 Å². The van der Waals surface area contributed by atoms with Crippen molar-refractivity contribution in [2.75, 3.05) is 65.4 Å². The van der Waals surface area contributed by atoms with Gasteiger partial charge >= 0.3 is 0 Å². The second-order valence-corrected chi connectivity index (χ2v) is 5.68. The maximum Gasteiger partial charge on any atom is 0.236 e. The largest absolute Gasteiger partial charge is 0.342 e. The first-order chi connectivity index (χ1) is 10.5. The Morgan fingerprint density at radius 1 is 0.864 bits per heavy atom. The Balaban J connectivity index is 2.37. The summed E-state index contributed by atoms with van der Waals surface area (Å²) in [4.78, 5) is 32.4. The Kier molecular flexibility index (Phi) is 8.42. The van der Waals surface area contributed by atoms with Crippen molar-refractivity contribution in [3.05, 3.63) is 0 Å². The van der Waals surface area contributed by atoms with Crippen LogP contribution < -0.4 is 0 Å². The molecule has 0 spiro atoms. The van der Waals surface area contributed by atoms with Crippen LogP contribution in [0.3, 0.4) is 0 Å². The van der Waals surface area contributed by atoms with Gasteiger partial charge in [0.1, 0.15) is 0 Å². The summed E-state index contributed by atoms with van der Waals surface area (Å²) in [5.74, 6) is 0.395. The molecule has 128 valence electrons. The Morgan fingerprint density at radius 2 is 1.41 bits per heavy atom. The van der Waals surface area contributed by atoms with Crippen LogP contribution in [0.5, 0.6) is 0 Å². The van der Waals surface area contributed by atoms with Crippen molar-refractivity contribution < 1.29 is 9.59 Å². The van der Waals surface area contributed by atoms with Gasteiger partial charge in [0, 0.05) is 39.3 Å². The third-order valence-corrected chi connectivity index (χ3v) is 4.45. The zero-order valence-corrected chi connectivity index (χ0v) is 14.7. The Morgan fingerprint density at radius 3 is 1.86 bits per heavy atom. The molecule has 0 atom stereocenters. The molecule has 1 fully saturated rings. The molecule has 2 amide bonds. The maximum absolute atomic E-state index is 12.2. The van der Waals surface area contributed by atoms with E-state index in [1.54, 1.807) is 0 Å². The topological polar surface area (TPSA) is 47.1 Å². The minimum Gasteiger partial charge on any atom is -0.342 e. The van der Waals surface area contributed by atoms with E-state index in [1.165, 1.54) is 0 Å². The first kappa shape index (κ1) is 18.9. The molecule has 1 aliphatic rings. The Labute approximate surface area is 135 Å². The molecule has 0 aromatic carbocycles. The number of carbonyl (C=O) groups is 2. The van der Waals surface area contributed by atoms with E-state index in [2.05, 4.69) is 23.6 Å². The number of hydrogen-bond acceptors (Lipinski definition) is 4. The summed E-state index contributed by atoms with van der Waals surface area (Å²) >= 11 is 0. The monoisotopic (exact) mass is 312 g/mol. The van der Waals surface area contributed by atoms with Gasteiger partial charge in [-0.2, -0.15) is 0 Å². The highest BCUT2D eigenvalue weighted by molar-refractivity contribution is 5.79. The highest BCUT2D eigenvalue weighted by Crippen LogP contribution is 2.04. The molecule has 1 heterocycles. The summed E-state index contributed by atoms with van der Waals surface area (Å²) < 4.78 is 0. The van der Waals surface area contributed by atoms with Crippen LogP contribution >= 0.6 is 0 Å². The number of carbonyl (C=O) groups excluding carboxylic acids is 2. The van der Waals surface area contributed by atoms with Crippen LogP contribution in [-0.4, -0.2) is 96.9 Å². The van der Waals surface area contributed by atoms with E-state index in [-0.39, 0.29) is 11.8 Å². The van der Waals surface area contributed by atoms with Gasteiger partial charge in [0.25, 0.3) is 0 Å². The van der Waals surface area contributed by atoms with Gasteiger partial charge in [-0.25, -0.2) is 0 Å². The number of piperazine rings is 1. The van der Waals surface area contributed by atoms with E-state index in [0.717, 1.165) is 52.4 Å². The Bertz CT molecular complexity index is 346. The predicted molar refractivity (Wildman–Crippen MR) is 88.7 cm³/mol. The highest BCUT2D eigenvalue weighted by atomic mass is 16.2. The molecule has 0 saturated carbocycles. The van der Waals surface area contributed by atoms with Gasteiger partial charge in [-0.15, -0.1) is 0 Å². The third kappa shape index (κ3) is 5.57. The predicted octanol–water partition coefficient (Wildman–Crippen LogP) is 0.341. The third-order valence-electron chi connectivity index (χ3n) is 4.45. The zero-order valence-electron chi connectivity index (χ0n) is 14.7. The normalized spacial score (nSPS) is 16.1. The minimum absolute atomic E-state index is 0.188. The van der Waals surface area contributed by atoms with Gasteiger partial charge in [-0.05, 0) is 26.9 Å². The van der Waals surface area contributed by atoms with Crippen molar-refractivity contribution >= 4 is 11.8 Å². The summed E-state index contributed by atoms with van der Waals surface area (Å²) in [5.41, 5.74) is 0. The fourth-order valence-corrected chi connectivity index (χ4v) is 2.76. The number of nitrogens with zero attached hydrogens (tertiary/aromatic N) is 4. The van der Waals surface area contributed by atoms with E-state index in [1.807, 2.05) is 23.6 Å². The first-order valence-corrected chi connectivity index (χ1v) is 8.55. The molecule has 1 rings (SSSR count). The van der Waals surface area contributed by atoms with E-state index in [0.29, 0.717) is 13.1 Å². The number of hydrogen-bond donors (Lipinski definition) is 0. The highest BCUT2D eigenvalue weighted by Gasteiger charge is 2.24. The number of likely N-dealkylation sites (N-methyl/N-ethyl adjacent to an activating group) is 2. The van der Waals surface area contributed by atoms with Crippen molar-refractivity contribution in [2.45, 2.75) is 27.7 Å². The fourth-order valence-electron chi connectivity index (χ4n) is 2.76. The van der Waals surface area contributed by atoms with E-state index in [9.17, 15) is 9.59 Å². The average molecular weight is 312 g/mol. The molecule has 0 bridgehead atoms. The van der Waals surface area contributed by atoms with Crippen LogP contribution in [0.1, 0.15) is 27.7 Å². The van der Waals surface area contributed by atoms with Gasteiger partial charge in [0.15, 0.2) is 0 Å². The second-order valence-electron chi connectivity index (χ2n) is 5.68. The molecule has 0 N–H and O–H groups in total. The molecule has 0 aromatic rings. The molecule has 0 unspecified atom stereocenters. The minimum atomic E-state index is 0.188. The van der Waals surface area contributed by atoms with Crippen molar-refractivity contribution in [1.29, 1.82) is 0 Å². The smallest absolute Gasteiger partial charge is 0.236 e. The molecule has 22 heavy (non-hydrogen) atoms. The van der Waals surface area contributed by atoms with Crippen LogP contribution in [0.15, 0.2) is 0 Å². The lowest BCUT2D eigenvalue weighted by Crippen LogP contribution is -2.53. The maximum atomic E-state index is 12.2. The lowest BCUT2D eigenvalue weighted by molar-refractivity contribution is -0.135. The van der Waals surface area contributed by atoms with Crippen LogP contribution in [0.25, 0.3) is 0 Å². The van der Waals surface area contributed by atoms with Crippen molar-refractivity contribution in [3.63, 3.8) is 0 Å². The molecule has 1 saturated heterocycles. The first-order valence-electron chi connectivity index (χ1n) is 8.55. The molecule has 6 heteroatoms. The van der Waals surface area contributed by atoms with Gasteiger partial charge < -0.3 is 9.80 Å².